The van der Waals surface area contributed by atoms with Crippen LogP contribution in [0.15, 0.2) is 29.4 Å². The van der Waals surface area contributed by atoms with E-state index in [1.54, 1.807) is 12.1 Å². The van der Waals surface area contributed by atoms with Gasteiger partial charge in [0.15, 0.2) is 0 Å². The van der Waals surface area contributed by atoms with Crippen molar-refractivity contribution in [3.05, 3.63) is 24.3 Å². The predicted octanol–water partition coefficient (Wildman–Crippen LogP) is 1.08. The summed E-state index contributed by atoms with van der Waals surface area (Å²) in [5.74, 6) is -0.344. The Morgan fingerprint density at radius 1 is 1.25 bits per heavy atom. The van der Waals surface area contributed by atoms with Crippen molar-refractivity contribution < 1.29 is 14.7 Å². The number of tetrazole rings is 1. The zero-order valence-electron chi connectivity index (χ0n) is 13.5. The fourth-order valence-electron chi connectivity index (χ4n) is 1.69. The smallest absolute Gasteiger partial charge is 0.321 e. The highest BCUT2D eigenvalue weighted by Gasteiger charge is 2.17. The Kier molecular flexibility index (Phi) is 5.39. The number of phenolic OH excluding ortho intramolecular Hbond substituents is 1. The molecule has 3 N–H and O–H groups in total. The Bertz CT molecular complexity index is 723. The van der Waals surface area contributed by atoms with Gasteiger partial charge in [-0.3, -0.25) is 10.1 Å². The van der Waals surface area contributed by atoms with Crippen LogP contribution in [-0.4, -0.2) is 48.5 Å². The lowest BCUT2D eigenvalue weighted by Crippen LogP contribution is -2.48. The number of urea groups is 1. The summed E-state index contributed by atoms with van der Waals surface area (Å²) in [6, 6.07) is 5.76. The van der Waals surface area contributed by atoms with E-state index in [2.05, 4.69) is 26.2 Å². The SMILES string of the molecule is CC(C)(C)NC(=O)NC(=O)CSc1nnnn1-c1ccc(O)cc1. The number of rotatable bonds is 4. The molecule has 128 valence electrons. The van der Waals surface area contributed by atoms with Crippen LogP contribution in [0.5, 0.6) is 5.75 Å². The number of carbonyl (C=O) groups is 2. The summed E-state index contributed by atoms with van der Waals surface area (Å²) in [5.41, 5.74) is 0.215. The summed E-state index contributed by atoms with van der Waals surface area (Å²) in [7, 11) is 0. The first-order valence-corrected chi connectivity index (χ1v) is 8.06. The number of hydrogen-bond acceptors (Lipinski definition) is 7. The maximum absolute atomic E-state index is 11.8. The lowest BCUT2D eigenvalue weighted by atomic mass is 10.1. The van der Waals surface area contributed by atoms with Gasteiger partial charge in [-0.05, 0) is 55.5 Å². The van der Waals surface area contributed by atoms with Crippen LogP contribution >= 0.6 is 11.8 Å². The van der Waals surface area contributed by atoms with Crippen molar-refractivity contribution in [2.45, 2.75) is 31.5 Å². The molecular weight excluding hydrogens is 332 g/mol. The molecule has 9 nitrogen and oxygen atoms in total. The van der Waals surface area contributed by atoms with Gasteiger partial charge in [-0.1, -0.05) is 11.8 Å². The average Bonchev–Trinajstić information content (AvgIpc) is 2.92. The zero-order valence-corrected chi connectivity index (χ0v) is 14.3. The van der Waals surface area contributed by atoms with Gasteiger partial charge in [0.1, 0.15) is 5.75 Å². The highest BCUT2D eigenvalue weighted by Crippen LogP contribution is 2.19. The van der Waals surface area contributed by atoms with E-state index in [0.717, 1.165) is 11.8 Å². The molecule has 0 unspecified atom stereocenters. The summed E-state index contributed by atoms with van der Waals surface area (Å²) < 4.78 is 1.44. The van der Waals surface area contributed by atoms with Crippen LogP contribution in [0.1, 0.15) is 20.8 Å². The number of phenols is 1. The second kappa shape index (κ2) is 7.30. The second-order valence-electron chi connectivity index (χ2n) is 5.93. The molecule has 0 aliphatic rings. The number of aromatic hydroxyl groups is 1. The van der Waals surface area contributed by atoms with Gasteiger partial charge in [0.25, 0.3) is 0 Å². The molecule has 0 saturated carbocycles. The van der Waals surface area contributed by atoms with Crippen LogP contribution in [0, 0.1) is 0 Å². The zero-order chi connectivity index (χ0) is 17.7. The number of imide groups is 1. The molecule has 0 spiro atoms. The normalized spacial score (nSPS) is 11.1. The van der Waals surface area contributed by atoms with E-state index in [4.69, 9.17) is 0 Å². The molecule has 0 fully saturated rings. The molecule has 0 bridgehead atoms. The van der Waals surface area contributed by atoms with Crippen LogP contribution in [0.3, 0.4) is 0 Å². The molecule has 2 aromatic rings. The van der Waals surface area contributed by atoms with Crippen molar-refractivity contribution in [3.8, 4) is 11.4 Å². The van der Waals surface area contributed by atoms with Gasteiger partial charge in [0, 0.05) is 5.54 Å². The van der Waals surface area contributed by atoms with Gasteiger partial charge < -0.3 is 10.4 Å². The first-order valence-electron chi connectivity index (χ1n) is 7.07. The minimum Gasteiger partial charge on any atom is -0.508 e. The topological polar surface area (TPSA) is 122 Å². The van der Waals surface area contributed by atoms with E-state index in [1.165, 1.54) is 16.8 Å². The molecular formula is C14H18N6O3S. The largest absolute Gasteiger partial charge is 0.508 e. The lowest BCUT2D eigenvalue weighted by Gasteiger charge is -2.20. The van der Waals surface area contributed by atoms with Crippen molar-refractivity contribution >= 4 is 23.7 Å². The average molecular weight is 350 g/mol. The summed E-state index contributed by atoms with van der Waals surface area (Å²) in [4.78, 5) is 23.5. The van der Waals surface area contributed by atoms with E-state index in [1.807, 2.05) is 20.8 Å². The van der Waals surface area contributed by atoms with Crippen LogP contribution in [0.25, 0.3) is 5.69 Å². The third kappa shape index (κ3) is 5.23. The number of carbonyl (C=O) groups excluding carboxylic acids is 2. The fourth-order valence-corrected chi connectivity index (χ4v) is 2.38. The van der Waals surface area contributed by atoms with Crippen LogP contribution in [0.4, 0.5) is 4.79 Å². The summed E-state index contributed by atoms with van der Waals surface area (Å²) in [5, 5.41) is 25.9. The van der Waals surface area contributed by atoms with Crippen LogP contribution < -0.4 is 10.6 Å². The van der Waals surface area contributed by atoms with E-state index in [0.29, 0.717) is 10.8 Å². The molecule has 1 heterocycles. The Balaban J connectivity index is 1.93. The standard InChI is InChI=1S/C14H18N6O3S/c1-14(2,3)16-12(23)15-11(22)8-24-13-17-18-19-20(13)9-4-6-10(21)7-5-9/h4-7,21H,8H2,1-3H3,(H2,15,16,22,23). The predicted molar refractivity (Wildman–Crippen MR) is 88.0 cm³/mol. The third-order valence-corrected chi connectivity index (χ3v) is 3.53. The van der Waals surface area contributed by atoms with Crippen molar-refractivity contribution in [1.29, 1.82) is 0 Å². The molecule has 0 aliphatic carbocycles. The molecule has 0 saturated heterocycles. The highest BCUT2D eigenvalue weighted by atomic mass is 32.2. The molecule has 3 amide bonds. The maximum Gasteiger partial charge on any atom is 0.321 e. The molecule has 0 aliphatic heterocycles. The number of aromatic nitrogens is 4. The van der Waals surface area contributed by atoms with E-state index in [9.17, 15) is 14.7 Å². The molecule has 1 aromatic heterocycles. The summed E-state index contributed by atoms with van der Waals surface area (Å²) >= 11 is 1.09. The first-order chi connectivity index (χ1) is 11.2. The quantitative estimate of drug-likeness (QED) is 0.705. The Morgan fingerprint density at radius 3 is 2.54 bits per heavy atom. The van der Waals surface area contributed by atoms with Gasteiger partial charge in [0.2, 0.25) is 11.1 Å². The molecule has 24 heavy (non-hydrogen) atoms. The lowest BCUT2D eigenvalue weighted by molar-refractivity contribution is -0.117. The number of amides is 3. The van der Waals surface area contributed by atoms with Gasteiger partial charge in [0.05, 0.1) is 11.4 Å². The summed E-state index contributed by atoms with van der Waals surface area (Å²) in [6.45, 7) is 5.45. The molecule has 0 radical (unpaired) electrons. The summed E-state index contributed by atoms with van der Waals surface area (Å²) in [6.07, 6.45) is 0. The first kappa shape index (κ1) is 17.7. The fraction of sp³-hybridized carbons (Fsp3) is 0.357. The molecule has 10 heteroatoms. The van der Waals surface area contributed by atoms with Crippen LogP contribution in [-0.2, 0) is 4.79 Å². The van der Waals surface area contributed by atoms with Crippen molar-refractivity contribution in [1.82, 2.24) is 30.8 Å². The van der Waals surface area contributed by atoms with Gasteiger partial charge in [-0.15, -0.1) is 5.10 Å². The van der Waals surface area contributed by atoms with Crippen molar-refractivity contribution in [3.63, 3.8) is 0 Å². The Hall–Kier alpha value is -2.62. The monoisotopic (exact) mass is 350 g/mol. The molecule has 2 rings (SSSR count). The second-order valence-corrected chi connectivity index (χ2v) is 6.87. The maximum atomic E-state index is 11.8. The van der Waals surface area contributed by atoms with Gasteiger partial charge in [-0.25, -0.2) is 4.79 Å². The third-order valence-electron chi connectivity index (χ3n) is 2.61. The van der Waals surface area contributed by atoms with E-state index < -0.39 is 17.5 Å². The van der Waals surface area contributed by atoms with Gasteiger partial charge >= 0.3 is 6.03 Å². The minimum atomic E-state index is -0.550. The van der Waals surface area contributed by atoms with E-state index in [-0.39, 0.29) is 11.5 Å². The minimum absolute atomic E-state index is 0.0178. The number of nitrogens with one attached hydrogen (secondary N) is 2. The van der Waals surface area contributed by atoms with Crippen molar-refractivity contribution in [2.75, 3.05) is 5.75 Å². The number of benzene rings is 1. The number of thioether (sulfide) groups is 1. The number of nitrogens with zero attached hydrogens (tertiary/aromatic N) is 4. The Morgan fingerprint density at radius 2 is 1.92 bits per heavy atom. The van der Waals surface area contributed by atoms with E-state index >= 15 is 0 Å². The number of hydrogen-bond donors (Lipinski definition) is 3. The molecule has 1 aromatic carbocycles. The van der Waals surface area contributed by atoms with Crippen LogP contribution in [0.2, 0.25) is 0 Å². The Labute approximate surface area is 142 Å². The van der Waals surface area contributed by atoms with Crippen molar-refractivity contribution in [2.24, 2.45) is 0 Å². The highest BCUT2D eigenvalue weighted by molar-refractivity contribution is 7.99. The van der Waals surface area contributed by atoms with Gasteiger partial charge in [-0.2, -0.15) is 4.68 Å². The molecule has 0 atom stereocenters.